The van der Waals surface area contributed by atoms with Crippen LogP contribution in [0.1, 0.15) is 26.3 Å². The zero-order valence-electron chi connectivity index (χ0n) is 15.4. The Bertz CT molecular complexity index is 976. The first-order valence-electron chi connectivity index (χ1n) is 8.31. The molecular formula is C18H24N2O5S2. The van der Waals surface area contributed by atoms with Gasteiger partial charge in [0.05, 0.1) is 9.79 Å². The molecule has 0 atom stereocenters. The summed E-state index contributed by atoms with van der Waals surface area (Å²) in [6, 6.07) is 12.3. The van der Waals surface area contributed by atoms with Crippen LogP contribution in [-0.2, 0) is 25.6 Å². The van der Waals surface area contributed by atoms with Crippen LogP contribution in [0.3, 0.4) is 0 Å². The molecule has 0 aliphatic heterocycles. The zero-order chi connectivity index (χ0) is 20.3. The predicted molar refractivity (Wildman–Crippen MR) is 105 cm³/mol. The van der Waals surface area contributed by atoms with Crippen molar-refractivity contribution < 1.29 is 21.4 Å². The molecule has 3 N–H and O–H groups in total. The summed E-state index contributed by atoms with van der Waals surface area (Å²) in [6.07, 6.45) is 0. The van der Waals surface area contributed by atoms with Crippen LogP contribution in [-0.4, -0.2) is 34.5 Å². The van der Waals surface area contributed by atoms with Crippen molar-refractivity contribution in [3.8, 4) is 0 Å². The molecule has 148 valence electrons. The molecule has 9 heteroatoms. The van der Waals surface area contributed by atoms with E-state index in [1.54, 1.807) is 0 Å². The summed E-state index contributed by atoms with van der Waals surface area (Å²) in [5.41, 5.74) is 2.17. The standard InChI is InChI=1S/C18H24N2O5S2/c1-18(2,3)14-4-6-15(7-5-14)19-12-13-20-26(21,22)16-8-10-17(11-9-16)27(23,24)25/h4-11,19-20H,12-13H2,1-3H3,(H,23,24,25). The maximum Gasteiger partial charge on any atom is 0.294 e. The molecule has 0 fully saturated rings. The number of hydrogen-bond acceptors (Lipinski definition) is 5. The number of nitrogens with one attached hydrogen (secondary N) is 2. The molecular weight excluding hydrogens is 388 g/mol. The number of hydrogen-bond donors (Lipinski definition) is 3. The highest BCUT2D eigenvalue weighted by molar-refractivity contribution is 7.89. The van der Waals surface area contributed by atoms with Crippen LogP contribution in [0.25, 0.3) is 0 Å². The minimum absolute atomic E-state index is 0.0685. The van der Waals surface area contributed by atoms with Gasteiger partial charge in [-0.2, -0.15) is 8.42 Å². The van der Waals surface area contributed by atoms with Crippen LogP contribution >= 0.6 is 0 Å². The van der Waals surface area contributed by atoms with Crippen LogP contribution in [0.15, 0.2) is 58.3 Å². The molecule has 2 aromatic carbocycles. The van der Waals surface area contributed by atoms with Gasteiger partial charge in [0, 0.05) is 18.8 Å². The summed E-state index contributed by atoms with van der Waals surface area (Å²) in [6.45, 7) is 6.94. The van der Waals surface area contributed by atoms with E-state index >= 15 is 0 Å². The number of rotatable bonds is 7. The van der Waals surface area contributed by atoms with Gasteiger partial charge in [0.2, 0.25) is 10.0 Å². The molecule has 2 rings (SSSR count). The summed E-state index contributed by atoms with van der Waals surface area (Å²) in [5, 5.41) is 3.14. The SMILES string of the molecule is CC(C)(C)c1ccc(NCCNS(=O)(=O)c2ccc(S(=O)(=O)O)cc2)cc1. The minimum atomic E-state index is -4.35. The van der Waals surface area contributed by atoms with Crippen LogP contribution in [0.4, 0.5) is 5.69 Å². The fraction of sp³-hybridized carbons (Fsp3) is 0.333. The van der Waals surface area contributed by atoms with Crippen molar-refractivity contribution in [2.24, 2.45) is 0 Å². The fourth-order valence-corrected chi connectivity index (χ4v) is 3.87. The van der Waals surface area contributed by atoms with E-state index in [-0.39, 0.29) is 21.8 Å². The molecule has 0 saturated carbocycles. The zero-order valence-corrected chi connectivity index (χ0v) is 17.1. The Balaban J connectivity index is 1.90. The molecule has 2 aromatic rings. The van der Waals surface area contributed by atoms with Crippen LogP contribution < -0.4 is 10.0 Å². The third-order valence-corrected chi connectivity index (χ3v) is 6.27. The first-order valence-corrected chi connectivity index (χ1v) is 11.2. The lowest BCUT2D eigenvalue weighted by Gasteiger charge is -2.19. The van der Waals surface area contributed by atoms with E-state index in [0.29, 0.717) is 6.54 Å². The van der Waals surface area contributed by atoms with E-state index in [4.69, 9.17) is 4.55 Å². The summed E-state index contributed by atoms with van der Waals surface area (Å²) < 4.78 is 57.8. The summed E-state index contributed by atoms with van der Waals surface area (Å²) >= 11 is 0. The number of sulfonamides is 1. The number of benzene rings is 2. The summed E-state index contributed by atoms with van der Waals surface area (Å²) in [4.78, 5) is -0.439. The molecule has 0 saturated heterocycles. The van der Waals surface area contributed by atoms with Crippen molar-refractivity contribution in [3.63, 3.8) is 0 Å². The highest BCUT2D eigenvalue weighted by Gasteiger charge is 2.16. The normalized spacial score (nSPS) is 12.7. The second kappa shape index (κ2) is 7.97. The van der Waals surface area contributed by atoms with E-state index in [1.807, 2.05) is 24.3 Å². The molecule has 0 spiro atoms. The van der Waals surface area contributed by atoms with Gasteiger partial charge in [-0.05, 0) is 47.4 Å². The van der Waals surface area contributed by atoms with E-state index in [9.17, 15) is 16.8 Å². The fourth-order valence-electron chi connectivity index (χ4n) is 2.35. The van der Waals surface area contributed by atoms with Crippen molar-refractivity contribution in [1.29, 1.82) is 0 Å². The van der Waals surface area contributed by atoms with E-state index in [2.05, 4.69) is 30.8 Å². The maximum atomic E-state index is 12.2. The van der Waals surface area contributed by atoms with Crippen LogP contribution in [0.5, 0.6) is 0 Å². The van der Waals surface area contributed by atoms with Crippen molar-refractivity contribution in [3.05, 3.63) is 54.1 Å². The lowest BCUT2D eigenvalue weighted by molar-refractivity contribution is 0.483. The van der Waals surface area contributed by atoms with E-state index in [0.717, 1.165) is 30.0 Å². The molecule has 0 radical (unpaired) electrons. The van der Waals surface area contributed by atoms with Crippen molar-refractivity contribution in [1.82, 2.24) is 4.72 Å². The molecule has 0 aliphatic rings. The molecule has 27 heavy (non-hydrogen) atoms. The lowest BCUT2D eigenvalue weighted by Crippen LogP contribution is -2.29. The maximum absolute atomic E-state index is 12.2. The minimum Gasteiger partial charge on any atom is -0.384 e. The van der Waals surface area contributed by atoms with Crippen molar-refractivity contribution in [2.45, 2.75) is 36.0 Å². The molecule has 0 heterocycles. The van der Waals surface area contributed by atoms with Crippen molar-refractivity contribution >= 4 is 25.8 Å². The third kappa shape index (κ3) is 6.03. The van der Waals surface area contributed by atoms with Gasteiger partial charge in [0.1, 0.15) is 0 Å². The molecule has 7 nitrogen and oxygen atoms in total. The number of anilines is 1. The van der Waals surface area contributed by atoms with Gasteiger partial charge in [-0.3, -0.25) is 4.55 Å². The molecule has 0 aromatic heterocycles. The monoisotopic (exact) mass is 412 g/mol. The van der Waals surface area contributed by atoms with Gasteiger partial charge >= 0.3 is 0 Å². The Morgan fingerprint density at radius 2 is 1.33 bits per heavy atom. The average Bonchev–Trinajstić information content (AvgIpc) is 2.58. The van der Waals surface area contributed by atoms with Gasteiger partial charge in [-0.15, -0.1) is 0 Å². The second-order valence-corrected chi connectivity index (χ2v) is 10.3. The Morgan fingerprint density at radius 3 is 1.81 bits per heavy atom. The molecule has 0 bridgehead atoms. The summed E-state index contributed by atoms with van der Waals surface area (Å²) in [5.74, 6) is 0. The molecule has 0 aliphatic carbocycles. The van der Waals surface area contributed by atoms with Crippen LogP contribution in [0.2, 0.25) is 0 Å². The van der Waals surface area contributed by atoms with E-state index < -0.39 is 20.1 Å². The van der Waals surface area contributed by atoms with E-state index in [1.165, 1.54) is 5.56 Å². The third-order valence-electron chi connectivity index (χ3n) is 3.93. The van der Waals surface area contributed by atoms with Gasteiger partial charge in [-0.1, -0.05) is 32.9 Å². The van der Waals surface area contributed by atoms with Gasteiger partial charge in [0.25, 0.3) is 10.1 Å². The average molecular weight is 413 g/mol. The van der Waals surface area contributed by atoms with Crippen LogP contribution in [0, 0.1) is 0 Å². The Hall–Kier alpha value is -1.94. The lowest BCUT2D eigenvalue weighted by atomic mass is 9.87. The summed E-state index contributed by atoms with van der Waals surface area (Å²) in [7, 11) is -8.12. The largest absolute Gasteiger partial charge is 0.384 e. The Kier molecular flexibility index (Phi) is 6.31. The second-order valence-electron chi connectivity index (χ2n) is 7.10. The van der Waals surface area contributed by atoms with Gasteiger partial charge in [-0.25, -0.2) is 13.1 Å². The highest BCUT2D eigenvalue weighted by atomic mass is 32.2. The first kappa shape index (κ1) is 21.4. The predicted octanol–water partition coefficient (Wildman–Crippen LogP) is 2.62. The quantitative estimate of drug-likeness (QED) is 0.476. The first-order chi connectivity index (χ1) is 12.4. The van der Waals surface area contributed by atoms with Gasteiger partial charge in [0.15, 0.2) is 0 Å². The highest BCUT2D eigenvalue weighted by Crippen LogP contribution is 2.23. The molecule has 0 unspecified atom stereocenters. The Morgan fingerprint density at radius 1 is 0.815 bits per heavy atom. The smallest absolute Gasteiger partial charge is 0.294 e. The topological polar surface area (TPSA) is 113 Å². The molecule has 0 amide bonds. The Labute approximate surface area is 160 Å². The van der Waals surface area contributed by atoms with Crippen molar-refractivity contribution in [2.75, 3.05) is 18.4 Å². The van der Waals surface area contributed by atoms with Gasteiger partial charge < -0.3 is 5.32 Å².